The van der Waals surface area contributed by atoms with Gasteiger partial charge in [-0.25, -0.2) is 9.78 Å². The Morgan fingerprint density at radius 1 is 1.38 bits per heavy atom. The van der Waals surface area contributed by atoms with Crippen molar-refractivity contribution in [2.24, 2.45) is 0 Å². The van der Waals surface area contributed by atoms with Crippen molar-refractivity contribution in [2.45, 2.75) is 13.0 Å². The molecule has 7 heteroatoms. The quantitative estimate of drug-likeness (QED) is 0.745. The number of benzene rings is 1. The summed E-state index contributed by atoms with van der Waals surface area (Å²) in [6.45, 7) is 1.16. The predicted octanol–water partition coefficient (Wildman–Crippen LogP) is 0.613. The minimum Gasteiger partial charge on any atom is -0.478 e. The van der Waals surface area contributed by atoms with Crippen molar-refractivity contribution < 1.29 is 9.90 Å². The summed E-state index contributed by atoms with van der Waals surface area (Å²) in [5.41, 5.74) is 7.76. The maximum Gasteiger partial charge on any atom is 0.335 e. The zero-order chi connectivity index (χ0) is 15.0. The fourth-order valence-corrected chi connectivity index (χ4v) is 2.52. The van der Waals surface area contributed by atoms with Crippen LogP contribution in [0.2, 0.25) is 0 Å². The number of aromatic carboxylic acids is 1. The number of carboxylic acids is 1. The molecule has 0 radical (unpaired) electrons. The molecule has 108 valence electrons. The summed E-state index contributed by atoms with van der Waals surface area (Å²) >= 11 is 0. The monoisotopic (exact) mass is 286 g/mol. The van der Waals surface area contributed by atoms with Gasteiger partial charge in [0.05, 0.1) is 11.9 Å². The Labute approximate surface area is 120 Å². The van der Waals surface area contributed by atoms with E-state index in [0.717, 1.165) is 17.5 Å². The molecule has 4 N–H and O–H groups in total. The smallest absolute Gasteiger partial charge is 0.335 e. The number of carbonyl (C=O) groups is 1. The average molecular weight is 286 g/mol. The highest BCUT2D eigenvalue weighted by atomic mass is 16.4. The number of H-pyrrole nitrogens is 1. The lowest BCUT2D eigenvalue weighted by Gasteiger charge is -2.30. The summed E-state index contributed by atoms with van der Waals surface area (Å²) in [4.78, 5) is 31.0. The third-order valence-electron chi connectivity index (χ3n) is 3.63. The molecule has 0 saturated heterocycles. The Morgan fingerprint density at radius 3 is 2.95 bits per heavy atom. The number of carboxylic acid groups (broad SMARTS) is 1. The van der Waals surface area contributed by atoms with Crippen LogP contribution in [0.25, 0.3) is 0 Å². The molecule has 21 heavy (non-hydrogen) atoms. The largest absolute Gasteiger partial charge is 0.478 e. The van der Waals surface area contributed by atoms with Crippen LogP contribution in [-0.2, 0) is 13.0 Å². The highest BCUT2D eigenvalue weighted by Gasteiger charge is 2.21. The van der Waals surface area contributed by atoms with Crippen LogP contribution in [0.4, 0.5) is 11.5 Å². The molecule has 0 fully saturated rings. The van der Waals surface area contributed by atoms with Gasteiger partial charge in [-0.1, -0.05) is 6.07 Å². The van der Waals surface area contributed by atoms with Crippen LogP contribution < -0.4 is 16.2 Å². The molecule has 0 unspecified atom stereocenters. The van der Waals surface area contributed by atoms with Crippen LogP contribution in [-0.4, -0.2) is 27.6 Å². The molecule has 2 aromatic rings. The lowest BCUT2D eigenvalue weighted by Crippen LogP contribution is -2.33. The summed E-state index contributed by atoms with van der Waals surface area (Å²) in [6.07, 6.45) is 2.07. The zero-order valence-corrected chi connectivity index (χ0v) is 11.2. The van der Waals surface area contributed by atoms with Gasteiger partial charge in [0.15, 0.2) is 5.82 Å². The number of rotatable bonds is 2. The Bertz CT molecular complexity index is 769. The summed E-state index contributed by atoms with van der Waals surface area (Å²) in [6, 6.07) is 5.11. The van der Waals surface area contributed by atoms with Crippen molar-refractivity contribution in [2.75, 3.05) is 17.2 Å². The van der Waals surface area contributed by atoms with Crippen LogP contribution in [0, 0.1) is 0 Å². The number of hydrogen-bond acceptors (Lipinski definition) is 5. The minimum absolute atomic E-state index is 0.0790. The van der Waals surface area contributed by atoms with E-state index in [1.807, 2.05) is 11.0 Å². The summed E-state index contributed by atoms with van der Waals surface area (Å²) in [5, 5.41) is 9.06. The number of aromatic nitrogens is 2. The summed E-state index contributed by atoms with van der Waals surface area (Å²) in [5.74, 6) is -0.520. The van der Waals surface area contributed by atoms with Crippen molar-refractivity contribution in [3.05, 3.63) is 51.6 Å². The van der Waals surface area contributed by atoms with Gasteiger partial charge in [0.2, 0.25) is 0 Å². The molecule has 0 bridgehead atoms. The first-order valence-electron chi connectivity index (χ1n) is 6.49. The van der Waals surface area contributed by atoms with Gasteiger partial charge < -0.3 is 20.7 Å². The predicted molar refractivity (Wildman–Crippen MR) is 77.4 cm³/mol. The van der Waals surface area contributed by atoms with E-state index >= 15 is 0 Å². The molecule has 0 spiro atoms. The van der Waals surface area contributed by atoms with E-state index in [2.05, 4.69) is 9.97 Å². The molecule has 0 atom stereocenters. The Morgan fingerprint density at radius 2 is 2.19 bits per heavy atom. The second kappa shape index (κ2) is 4.93. The number of anilines is 2. The molecular formula is C14H14N4O3. The standard InChI is InChI=1S/C14H14N4O3/c15-11-12(16-7-17-13(11)19)18-4-3-8-1-2-9(14(20)21)5-10(8)6-18/h1-2,5,7H,3-4,6,15H2,(H,20,21)(H,16,17,19). The van der Waals surface area contributed by atoms with Gasteiger partial charge in [-0.3, -0.25) is 4.79 Å². The second-order valence-corrected chi connectivity index (χ2v) is 4.93. The van der Waals surface area contributed by atoms with Crippen molar-refractivity contribution in [1.29, 1.82) is 0 Å². The molecule has 1 aliphatic heterocycles. The van der Waals surface area contributed by atoms with E-state index in [9.17, 15) is 9.59 Å². The Hall–Kier alpha value is -2.83. The van der Waals surface area contributed by atoms with Gasteiger partial charge >= 0.3 is 5.97 Å². The molecule has 0 aliphatic carbocycles. The van der Waals surface area contributed by atoms with Gasteiger partial charge in [-0.15, -0.1) is 0 Å². The first kappa shape index (κ1) is 13.2. The van der Waals surface area contributed by atoms with Crippen molar-refractivity contribution in [3.8, 4) is 0 Å². The number of nitrogen functional groups attached to an aromatic ring is 1. The van der Waals surface area contributed by atoms with E-state index < -0.39 is 5.97 Å². The van der Waals surface area contributed by atoms with E-state index in [1.54, 1.807) is 12.1 Å². The number of nitrogens with one attached hydrogen (secondary N) is 1. The van der Waals surface area contributed by atoms with Gasteiger partial charge in [0.25, 0.3) is 5.56 Å². The molecule has 0 saturated carbocycles. The van der Waals surface area contributed by atoms with Crippen molar-refractivity contribution >= 4 is 17.5 Å². The van der Waals surface area contributed by atoms with Crippen molar-refractivity contribution in [3.63, 3.8) is 0 Å². The lowest BCUT2D eigenvalue weighted by atomic mass is 9.97. The number of aromatic amines is 1. The topological polar surface area (TPSA) is 112 Å². The maximum atomic E-state index is 11.5. The third kappa shape index (κ3) is 2.33. The van der Waals surface area contributed by atoms with Crippen molar-refractivity contribution in [1.82, 2.24) is 9.97 Å². The van der Waals surface area contributed by atoms with Crippen LogP contribution in [0.15, 0.2) is 29.3 Å². The van der Waals surface area contributed by atoms with E-state index in [0.29, 0.717) is 18.9 Å². The molecule has 0 amide bonds. The number of fused-ring (bicyclic) bond motifs is 1. The van der Waals surface area contributed by atoms with Gasteiger partial charge in [0.1, 0.15) is 5.69 Å². The first-order valence-corrected chi connectivity index (χ1v) is 6.49. The number of nitrogens with zero attached hydrogens (tertiary/aromatic N) is 2. The van der Waals surface area contributed by atoms with E-state index in [1.165, 1.54) is 6.33 Å². The molecular weight excluding hydrogens is 272 g/mol. The van der Waals surface area contributed by atoms with Crippen LogP contribution >= 0.6 is 0 Å². The molecule has 1 aromatic carbocycles. The lowest BCUT2D eigenvalue weighted by molar-refractivity contribution is 0.0696. The number of hydrogen-bond donors (Lipinski definition) is 3. The SMILES string of the molecule is Nc1c(N2CCc3ccc(C(=O)O)cc3C2)nc[nH]c1=O. The van der Waals surface area contributed by atoms with Crippen LogP contribution in [0.1, 0.15) is 21.5 Å². The summed E-state index contributed by atoms with van der Waals surface area (Å²) < 4.78 is 0. The maximum absolute atomic E-state index is 11.5. The van der Waals surface area contributed by atoms with Gasteiger partial charge in [0, 0.05) is 13.1 Å². The summed E-state index contributed by atoms with van der Waals surface area (Å²) in [7, 11) is 0. The molecule has 3 rings (SSSR count). The molecule has 1 aliphatic rings. The normalized spacial score (nSPS) is 13.8. The first-order chi connectivity index (χ1) is 10.1. The Kier molecular flexibility index (Phi) is 3.09. The highest BCUT2D eigenvalue weighted by molar-refractivity contribution is 5.88. The average Bonchev–Trinajstić information content (AvgIpc) is 2.49. The van der Waals surface area contributed by atoms with Gasteiger partial charge in [-0.2, -0.15) is 0 Å². The highest BCUT2D eigenvalue weighted by Crippen LogP contribution is 2.25. The molecule has 2 heterocycles. The fraction of sp³-hybridized carbons (Fsp3) is 0.214. The van der Waals surface area contributed by atoms with Gasteiger partial charge in [-0.05, 0) is 29.7 Å². The van der Waals surface area contributed by atoms with Crippen LogP contribution in [0.5, 0.6) is 0 Å². The third-order valence-corrected chi connectivity index (χ3v) is 3.63. The second-order valence-electron chi connectivity index (χ2n) is 4.93. The fourth-order valence-electron chi connectivity index (χ4n) is 2.52. The zero-order valence-electron chi connectivity index (χ0n) is 11.2. The van der Waals surface area contributed by atoms with Crippen LogP contribution in [0.3, 0.4) is 0 Å². The number of nitrogens with two attached hydrogens (primary N) is 1. The Balaban J connectivity index is 1.96. The molecule has 7 nitrogen and oxygen atoms in total. The van der Waals surface area contributed by atoms with E-state index in [4.69, 9.17) is 10.8 Å². The minimum atomic E-state index is -0.955. The molecule has 1 aromatic heterocycles. The van der Waals surface area contributed by atoms with E-state index in [-0.39, 0.29) is 16.8 Å².